The molecule has 2 heterocycles. The van der Waals surface area contributed by atoms with E-state index in [1.807, 2.05) is 56.3 Å². The molecule has 3 aromatic rings. The Kier molecular flexibility index (Phi) is 5.54. The molecule has 6 nitrogen and oxygen atoms in total. The summed E-state index contributed by atoms with van der Waals surface area (Å²) in [5.41, 5.74) is 3.68. The summed E-state index contributed by atoms with van der Waals surface area (Å²) in [6.45, 7) is 5.86. The number of aliphatic imine (C=N–C) groups is 1. The monoisotopic (exact) mass is 364 g/mol. The molecule has 0 bridgehead atoms. The van der Waals surface area contributed by atoms with Crippen LogP contribution in [0.15, 0.2) is 52.3 Å². The van der Waals surface area contributed by atoms with Crippen LogP contribution in [0.3, 0.4) is 0 Å². The first-order chi connectivity index (χ1) is 13.0. The van der Waals surface area contributed by atoms with Crippen molar-refractivity contribution >= 4 is 11.5 Å². The van der Waals surface area contributed by atoms with Crippen LogP contribution in [0.5, 0.6) is 5.75 Å². The third-order valence-corrected chi connectivity index (χ3v) is 4.31. The predicted octanol–water partition coefficient (Wildman–Crippen LogP) is 3.97. The van der Waals surface area contributed by atoms with Gasteiger partial charge in [-0.05, 0) is 56.7 Å². The van der Waals surface area contributed by atoms with Crippen LogP contribution in [-0.2, 0) is 6.42 Å². The lowest BCUT2D eigenvalue weighted by Crippen LogP contribution is -2.19. The minimum absolute atomic E-state index is 0.113. The lowest BCUT2D eigenvalue weighted by atomic mass is 10.1. The highest BCUT2D eigenvalue weighted by atomic mass is 16.5. The van der Waals surface area contributed by atoms with Gasteiger partial charge >= 0.3 is 0 Å². The molecule has 0 aliphatic carbocycles. The molecule has 2 aromatic heterocycles. The summed E-state index contributed by atoms with van der Waals surface area (Å²) in [4.78, 5) is 22.1. The van der Waals surface area contributed by atoms with Gasteiger partial charge < -0.3 is 4.74 Å². The van der Waals surface area contributed by atoms with Gasteiger partial charge in [-0.3, -0.25) is 9.89 Å². The third kappa shape index (κ3) is 4.00. The zero-order chi connectivity index (χ0) is 19.4. The Morgan fingerprint density at radius 3 is 2.59 bits per heavy atom. The molecule has 3 rings (SSSR count). The maximum absolute atomic E-state index is 13.1. The molecule has 1 N–H and O–H groups in total. The van der Waals surface area contributed by atoms with E-state index in [0.717, 1.165) is 35.7 Å². The average molecular weight is 364 g/mol. The number of rotatable bonds is 6. The van der Waals surface area contributed by atoms with Gasteiger partial charge in [-0.15, -0.1) is 0 Å². The molecule has 0 amide bonds. The Hall–Kier alpha value is -3.15. The van der Waals surface area contributed by atoms with E-state index in [1.54, 1.807) is 11.8 Å². The molecule has 0 saturated carbocycles. The number of H-pyrrole nitrogens is 1. The summed E-state index contributed by atoms with van der Waals surface area (Å²) in [5.74, 6) is 1.35. The minimum atomic E-state index is -0.113. The van der Waals surface area contributed by atoms with Crippen molar-refractivity contribution in [2.24, 2.45) is 4.99 Å². The number of aromatic nitrogens is 3. The molecule has 140 valence electrons. The van der Waals surface area contributed by atoms with E-state index in [9.17, 15) is 4.79 Å². The standard InChI is InChI=1S/C21H24N4O2/c1-5-7-18-20(15(3)23-19-9-6-8-14(2)22-19)21(26)25(24-18)16-10-12-17(27-4)13-11-16/h6,8-13,24H,5,7H2,1-4H3/b23-15-. The molecule has 0 aliphatic rings. The highest BCUT2D eigenvalue weighted by Gasteiger charge is 2.17. The van der Waals surface area contributed by atoms with Crippen LogP contribution in [0.1, 0.15) is 37.2 Å². The number of nitrogens with one attached hydrogen (secondary N) is 1. The van der Waals surface area contributed by atoms with Crippen LogP contribution >= 0.6 is 0 Å². The molecule has 0 unspecified atom stereocenters. The molecule has 6 heteroatoms. The lowest BCUT2D eigenvalue weighted by Gasteiger charge is -2.03. The molecule has 0 saturated heterocycles. The molecular weight excluding hydrogens is 340 g/mol. The number of aromatic amines is 1. The van der Waals surface area contributed by atoms with Gasteiger partial charge in [0.1, 0.15) is 5.75 Å². The normalized spacial score (nSPS) is 11.6. The molecule has 0 atom stereocenters. The third-order valence-electron chi connectivity index (χ3n) is 4.31. The van der Waals surface area contributed by atoms with Gasteiger partial charge in [-0.25, -0.2) is 14.7 Å². The maximum atomic E-state index is 13.1. The SMILES string of the molecule is CCCc1[nH]n(-c2ccc(OC)cc2)c(=O)c1/C(C)=N\c1cccc(C)n1. The quantitative estimate of drug-likeness (QED) is 0.673. The Bertz CT molecular complexity index is 1010. The number of pyridine rings is 1. The van der Waals surface area contributed by atoms with Gasteiger partial charge in [0, 0.05) is 11.4 Å². The van der Waals surface area contributed by atoms with Crippen molar-refractivity contribution in [1.29, 1.82) is 0 Å². The second-order valence-electron chi connectivity index (χ2n) is 6.39. The molecular formula is C21H24N4O2. The fourth-order valence-electron chi connectivity index (χ4n) is 3.02. The highest BCUT2D eigenvalue weighted by molar-refractivity contribution is 6.00. The van der Waals surface area contributed by atoms with E-state index in [4.69, 9.17) is 4.74 Å². The Morgan fingerprint density at radius 1 is 1.22 bits per heavy atom. The van der Waals surface area contributed by atoms with Gasteiger partial charge in [0.05, 0.1) is 24.1 Å². The van der Waals surface area contributed by atoms with E-state index in [0.29, 0.717) is 17.1 Å². The lowest BCUT2D eigenvalue weighted by molar-refractivity contribution is 0.414. The zero-order valence-electron chi connectivity index (χ0n) is 16.1. The van der Waals surface area contributed by atoms with Gasteiger partial charge in [-0.2, -0.15) is 0 Å². The highest BCUT2D eigenvalue weighted by Crippen LogP contribution is 2.17. The van der Waals surface area contributed by atoms with Crippen molar-refractivity contribution in [1.82, 2.24) is 14.8 Å². The van der Waals surface area contributed by atoms with E-state index in [-0.39, 0.29) is 5.56 Å². The van der Waals surface area contributed by atoms with Crippen LogP contribution in [0, 0.1) is 6.92 Å². The molecule has 1 aromatic carbocycles. The van der Waals surface area contributed by atoms with Crippen LogP contribution in [0.25, 0.3) is 5.69 Å². The summed E-state index contributed by atoms with van der Waals surface area (Å²) >= 11 is 0. The fraction of sp³-hybridized carbons (Fsp3) is 0.286. The molecule has 0 fully saturated rings. The number of hydrogen-bond donors (Lipinski definition) is 1. The molecule has 27 heavy (non-hydrogen) atoms. The fourth-order valence-corrected chi connectivity index (χ4v) is 3.02. The largest absolute Gasteiger partial charge is 0.497 e. The van der Waals surface area contributed by atoms with Crippen molar-refractivity contribution in [3.63, 3.8) is 0 Å². The number of hydrogen-bond acceptors (Lipinski definition) is 4. The van der Waals surface area contributed by atoms with Gasteiger partial charge in [0.2, 0.25) is 0 Å². The summed E-state index contributed by atoms with van der Waals surface area (Å²) in [5, 5.41) is 3.24. The molecule has 0 spiro atoms. The van der Waals surface area contributed by atoms with Crippen LogP contribution in [0.4, 0.5) is 5.82 Å². The van der Waals surface area contributed by atoms with Crippen molar-refractivity contribution < 1.29 is 4.74 Å². The number of benzene rings is 1. The van der Waals surface area contributed by atoms with Gasteiger partial charge in [0.15, 0.2) is 5.82 Å². The zero-order valence-corrected chi connectivity index (χ0v) is 16.1. The number of nitrogens with zero attached hydrogens (tertiary/aromatic N) is 3. The molecule has 0 aliphatic heterocycles. The van der Waals surface area contributed by atoms with Gasteiger partial charge in [-0.1, -0.05) is 19.4 Å². The minimum Gasteiger partial charge on any atom is -0.497 e. The summed E-state index contributed by atoms with van der Waals surface area (Å²) in [6, 6.07) is 13.0. The summed E-state index contributed by atoms with van der Waals surface area (Å²) in [7, 11) is 1.62. The van der Waals surface area contributed by atoms with E-state index < -0.39 is 0 Å². The smallest absolute Gasteiger partial charge is 0.280 e. The van der Waals surface area contributed by atoms with Crippen molar-refractivity contribution in [2.75, 3.05) is 7.11 Å². The van der Waals surface area contributed by atoms with Crippen LogP contribution < -0.4 is 10.3 Å². The van der Waals surface area contributed by atoms with E-state index >= 15 is 0 Å². The first-order valence-electron chi connectivity index (χ1n) is 9.01. The summed E-state index contributed by atoms with van der Waals surface area (Å²) in [6.07, 6.45) is 1.69. The average Bonchev–Trinajstić information content (AvgIpc) is 2.98. The van der Waals surface area contributed by atoms with Crippen LogP contribution in [0.2, 0.25) is 0 Å². The Morgan fingerprint density at radius 2 is 1.96 bits per heavy atom. The first-order valence-corrected chi connectivity index (χ1v) is 9.01. The van der Waals surface area contributed by atoms with Crippen molar-refractivity contribution in [2.45, 2.75) is 33.6 Å². The van der Waals surface area contributed by atoms with E-state index in [2.05, 4.69) is 22.0 Å². The Balaban J connectivity index is 2.08. The topological polar surface area (TPSA) is 72.3 Å². The number of aryl methyl sites for hydroxylation is 2. The maximum Gasteiger partial charge on any atom is 0.280 e. The second kappa shape index (κ2) is 8.03. The summed E-state index contributed by atoms with van der Waals surface area (Å²) < 4.78 is 6.75. The van der Waals surface area contributed by atoms with E-state index in [1.165, 1.54) is 0 Å². The molecule has 0 radical (unpaired) electrons. The second-order valence-corrected chi connectivity index (χ2v) is 6.39. The Labute approximate surface area is 158 Å². The number of methoxy groups -OCH3 is 1. The van der Waals surface area contributed by atoms with Crippen molar-refractivity contribution in [3.05, 3.63) is 69.8 Å². The van der Waals surface area contributed by atoms with Gasteiger partial charge in [0.25, 0.3) is 5.56 Å². The van der Waals surface area contributed by atoms with Crippen LogP contribution in [-0.4, -0.2) is 27.6 Å². The van der Waals surface area contributed by atoms with Crippen molar-refractivity contribution in [3.8, 4) is 11.4 Å². The first kappa shape index (κ1) is 18.6. The number of ether oxygens (including phenoxy) is 1. The predicted molar refractivity (Wildman–Crippen MR) is 108 cm³/mol.